The van der Waals surface area contributed by atoms with E-state index in [1.807, 2.05) is 6.07 Å². The van der Waals surface area contributed by atoms with E-state index in [4.69, 9.17) is 5.26 Å². The number of H-pyrrole nitrogens is 1. The van der Waals surface area contributed by atoms with Crippen molar-refractivity contribution >= 4 is 0 Å². The summed E-state index contributed by atoms with van der Waals surface area (Å²) in [6.45, 7) is 0. The van der Waals surface area contributed by atoms with Crippen LogP contribution in [0.3, 0.4) is 0 Å². The molecule has 0 saturated carbocycles. The van der Waals surface area contributed by atoms with Crippen molar-refractivity contribution in [2.24, 2.45) is 0 Å². The first-order chi connectivity index (χ1) is 7.29. The molecular weight excluding hydrogens is 190 g/mol. The van der Waals surface area contributed by atoms with E-state index in [1.54, 1.807) is 30.3 Å². The Morgan fingerprint density at radius 2 is 2.00 bits per heavy atom. The van der Waals surface area contributed by atoms with Crippen LogP contribution in [0.4, 0.5) is 0 Å². The quantitative estimate of drug-likeness (QED) is 0.749. The molecule has 0 aliphatic heterocycles. The summed E-state index contributed by atoms with van der Waals surface area (Å²) < 4.78 is 0. The lowest BCUT2D eigenvalue weighted by molar-refractivity contribution is 1.19. The highest BCUT2D eigenvalue weighted by Crippen LogP contribution is 2.11. The molecule has 0 radical (unpaired) electrons. The lowest BCUT2D eigenvalue weighted by Crippen LogP contribution is -2.04. The van der Waals surface area contributed by atoms with Gasteiger partial charge in [-0.05, 0) is 18.2 Å². The Kier molecular flexibility index (Phi) is 2.30. The summed E-state index contributed by atoms with van der Waals surface area (Å²) in [6, 6.07) is 11.9. The minimum absolute atomic E-state index is 0.184. The number of pyridine rings is 2. The van der Waals surface area contributed by atoms with Crippen LogP contribution in [-0.4, -0.2) is 9.97 Å². The normalized spacial score (nSPS) is 9.53. The summed E-state index contributed by atoms with van der Waals surface area (Å²) >= 11 is 0. The monoisotopic (exact) mass is 197 g/mol. The number of aromatic amines is 1. The molecule has 0 saturated heterocycles. The molecule has 15 heavy (non-hydrogen) atoms. The molecule has 2 rings (SSSR count). The van der Waals surface area contributed by atoms with E-state index >= 15 is 0 Å². The van der Waals surface area contributed by atoms with E-state index in [2.05, 4.69) is 9.97 Å². The van der Waals surface area contributed by atoms with Crippen molar-refractivity contribution in [2.75, 3.05) is 0 Å². The van der Waals surface area contributed by atoms with Gasteiger partial charge in [-0.2, -0.15) is 5.26 Å². The highest BCUT2D eigenvalue weighted by Gasteiger charge is 2.00. The summed E-state index contributed by atoms with van der Waals surface area (Å²) in [4.78, 5) is 17.8. The van der Waals surface area contributed by atoms with Crippen molar-refractivity contribution in [1.82, 2.24) is 9.97 Å². The van der Waals surface area contributed by atoms with Crippen LogP contribution >= 0.6 is 0 Å². The summed E-state index contributed by atoms with van der Waals surface area (Å²) in [5.74, 6) is 0. The molecule has 0 aliphatic rings. The fourth-order valence-electron chi connectivity index (χ4n) is 1.24. The SMILES string of the molecule is N#Cc1cccc(-c2cccc(=O)[nH]2)n1. The third kappa shape index (κ3) is 1.92. The van der Waals surface area contributed by atoms with Gasteiger partial charge in [-0.3, -0.25) is 4.79 Å². The maximum absolute atomic E-state index is 11.1. The van der Waals surface area contributed by atoms with E-state index < -0.39 is 0 Å². The van der Waals surface area contributed by atoms with Crippen molar-refractivity contribution in [3.8, 4) is 17.5 Å². The number of nitrogens with zero attached hydrogens (tertiary/aromatic N) is 2. The number of hydrogen-bond donors (Lipinski definition) is 1. The van der Waals surface area contributed by atoms with Crippen LogP contribution in [0, 0.1) is 11.3 Å². The minimum atomic E-state index is -0.184. The van der Waals surface area contributed by atoms with Gasteiger partial charge in [-0.1, -0.05) is 12.1 Å². The zero-order valence-electron chi connectivity index (χ0n) is 7.77. The maximum atomic E-state index is 11.1. The van der Waals surface area contributed by atoms with Crippen LogP contribution in [0.5, 0.6) is 0 Å². The summed E-state index contributed by atoms with van der Waals surface area (Å²) in [5, 5.41) is 8.68. The smallest absolute Gasteiger partial charge is 0.248 e. The van der Waals surface area contributed by atoms with Gasteiger partial charge in [-0.25, -0.2) is 4.98 Å². The number of nitrogens with one attached hydrogen (secondary N) is 1. The van der Waals surface area contributed by atoms with Gasteiger partial charge in [-0.15, -0.1) is 0 Å². The third-order valence-corrected chi connectivity index (χ3v) is 1.91. The minimum Gasteiger partial charge on any atom is -0.321 e. The first-order valence-corrected chi connectivity index (χ1v) is 4.36. The molecule has 2 aromatic rings. The number of hydrogen-bond acceptors (Lipinski definition) is 3. The number of aromatic nitrogens is 2. The molecule has 0 amide bonds. The molecule has 4 heteroatoms. The standard InChI is InChI=1S/C11H7N3O/c12-7-8-3-1-4-9(13-8)10-5-2-6-11(15)14-10/h1-6H,(H,14,15). The molecule has 0 atom stereocenters. The van der Waals surface area contributed by atoms with Gasteiger partial charge in [0.1, 0.15) is 11.8 Å². The third-order valence-electron chi connectivity index (χ3n) is 1.91. The van der Waals surface area contributed by atoms with Crippen molar-refractivity contribution in [2.45, 2.75) is 0 Å². The molecule has 1 N–H and O–H groups in total. The van der Waals surface area contributed by atoms with E-state index in [0.717, 1.165) is 0 Å². The average molecular weight is 197 g/mol. The Morgan fingerprint density at radius 1 is 1.20 bits per heavy atom. The van der Waals surface area contributed by atoms with Gasteiger partial charge in [0.2, 0.25) is 5.56 Å². The molecule has 2 aromatic heterocycles. The Balaban J connectivity index is 2.55. The maximum Gasteiger partial charge on any atom is 0.248 e. The molecule has 0 spiro atoms. The highest BCUT2D eigenvalue weighted by atomic mass is 16.1. The molecular formula is C11H7N3O. The van der Waals surface area contributed by atoms with Crippen molar-refractivity contribution in [1.29, 1.82) is 5.26 Å². The fourth-order valence-corrected chi connectivity index (χ4v) is 1.24. The zero-order valence-corrected chi connectivity index (χ0v) is 7.77. The molecule has 0 unspecified atom stereocenters. The van der Waals surface area contributed by atoms with E-state index in [-0.39, 0.29) is 5.56 Å². The van der Waals surface area contributed by atoms with E-state index in [1.165, 1.54) is 6.07 Å². The van der Waals surface area contributed by atoms with Gasteiger partial charge in [0.15, 0.2) is 0 Å². The largest absolute Gasteiger partial charge is 0.321 e. The van der Waals surface area contributed by atoms with Crippen LogP contribution < -0.4 is 5.56 Å². The van der Waals surface area contributed by atoms with E-state index in [0.29, 0.717) is 17.1 Å². The Bertz CT molecular complexity index is 581. The van der Waals surface area contributed by atoms with Gasteiger partial charge in [0, 0.05) is 6.07 Å². The van der Waals surface area contributed by atoms with Crippen molar-refractivity contribution < 1.29 is 0 Å². The second-order valence-corrected chi connectivity index (χ2v) is 2.95. The molecule has 0 aromatic carbocycles. The summed E-state index contributed by atoms with van der Waals surface area (Å²) in [5.41, 5.74) is 1.35. The Labute approximate surface area is 85.8 Å². The van der Waals surface area contributed by atoms with Gasteiger partial charge in [0.05, 0.1) is 11.4 Å². The molecule has 2 heterocycles. The average Bonchev–Trinajstić information content (AvgIpc) is 2.29. The topological polar surface area (TPSA) is 69.5 Å². The van der Waals surface area contributed by atoms with Crippen LogP contribution in [0.2, 0.25) is 0 Å². The number of rotatable bonds is 1. The molecule has 0 fully saturated rings. The molecule has 0 aliphatic carbocycles. The van der Waals surface area contributed by atoms with Crippen LogP contribution in [0.25, 0.3) is 11.4 Å². The predicted molar refractivity (Wildman–Crippen MR) is 55.0 cm³/mol. The van der Waals surface area contributed by atoms with Crippen LogP contribution in [0.15, 0.2) is 41.2 Å². The Hall–Kier alpha value is -2.41. The number of nitriles is 1. The first-order valence-electron chi connectivity index (χ1n) is 4.36. The molecule has 0 bridgehead atoms. The second-order valence-electron chi connectivity index (χ2n) is 2.95. The van der Waals surface area contributed by atoms with Gasteiger partial charge >= 0.3 is 0 Å². The molecule has 72 valence electrons. The van der Waals surface area contributed by atoms with Gasteiger partial charge < -0.3 is 4.98 Å². The zero-order chi connectivity index (χ0) is 10.7. The van der Waals surface area contributed by atoms with Crippen LogP contribution in [0.1, 0.15) is 5.69 Å². The summed E-state index contributed by atoms with van der Waals surface area (Å²) in [7, 11) is 0. The van der Waals surface area contributed by atoms with Crippen molar-refractivity contribution in [3.05, 3.63) is 52.4 Å². The van der Waals surface area contributed by atoms with Crippen molar-refractivity contribution in [3.63, 3.8) is 0 Å². The highest BCUT2D eigenvalue weighted by molar-refractivity contribution is 5.54. The summed E-state index contributed by atoms with van der Waals surface area (Å²) in [6.07, 6.45) is 0. The Morgan fingerprint density at radius 3 is 2.73 bits per heavy atom. The van der Waals surface area contributed by atoms with Gasteiger partial charge in [0.25, 0.3) is 0 Å². The molecule has 4 nitrogen and oxygen atoms in total. The lowest BCUT2D eigenvalue weighted by Gasteiger charge is -1.99. The van der Waals surface area contributed by atoms with E-state index in [9.17, 15) is 4.79 Å². The first kappa shape index (κ1) is 9.16. The predicted octanol–water partition coefficient (Wildman–Crippen LogP) is 1.31. The van der Waals surface area contributed by atoms with Crippen LogP contribution in [-0.2, 0) is 0 Å². The fraction of sp³-hybridized carbons (Fsp3) is 0. The lowest BCUT2D eigenvalue weighted by atomic mass is 10.2. The second kappa shape index (κ2) is 3.76.